The predicted molar refractivity (Wildman–Crippen MR) is 70.0 cm³/mol. The van der Waals surface area contributed by atoms with Crippen molar-refractivity contribution in [3.63, 3.8) is 0 Å². The first kappa shape index (κ1) is 11.3. The van der Waals surface area contributed by atoms with Crippen LogP contribution in [0.25, 0.3) is 5.65 Å². The zero-order chi connectivity index (χ0) is 12.5. The van der Waals surface area contributed by atoms with Crippen LogP contribution in [0.1, 0.15) is 12.8 Å². The van der Waals surface area contributed by atoms with Gasteiger partial charge < -0.3 is 19.7 Å². The summed E-state index contributed by atoms with van der Waals surface area (Å²) < 4.78 is 1.96. The van der Waals surface area contributed by atoms with Crippen molar-refractivity contribution in [3.05, 3.63) is 18.6 Å². The number of fused-ring (bicyclic) bond motifs is 1. The fourth-order valence-corrected chi connectivity index (χ4v) is 2.53. The minimum atomic E-state index is 0.158. The summed E-state index contributed by atoms with van der Waals surface area (Å²) in [5.41, 5.74) is 0.842. The Hall–Kier alpha value is -1.82. The van der Waals surface area contributed by atoms with Gasteiger partial charge in [0.05, 0.1) is 18.8 Å². The first-order valence-electron chi connectivity index (χ1n) is 6.22. The summed E-state index contributed by atoms with van der Waals surface area (Å²) >= 11 is 0. The van der Waals surface area contributed by atoms with E-state index >= 15 is 0 Å². The topological polar surface area (TPSA) is 65.7 Å². The van der Waals surface area contributed by atoms with Gasteiger partial charge in [0, 0.05) is 26.0 Å². The second kappa shape index (κ2) is 4.45. The zero-order valence-corrected chi connectivity index (χ0v) is 10.4. The van der Waals surface area contributed by atoms with Gasteiger partial charge in [-0.05, 0) is 12.8 Å². The smallest absolute Gasteiger partial charge is 0.180 e. The Morgan fingerprint density at radius 3 is 3.22 bits per heavy atom. The maximum atomic E-state index is 9.43. The van der Waals surface area contributed by atoms with Crippen molar-refractivity contribution >= 4 is 17.3 Å². The van der Waals surface area contributed by atoms with Crippen LogP contribution in [0, 0.1) is 0 Å². The number of hydrogen-bond acceptors (Lipinski definition) is 5. The molecule has 1 unspecified atom stereocenters. The van der Waals surface area contributed by atoms with Crippen LogP contribution in [0.3, 0.4) is 0 Å². The molecule has 3 rings (SSSR count). The van der Waals surface area contributed by atoms with Crippen molar-refractivity contribution in [1.29, 1.82) is 0 Å². The molecule has 2 aromatic heterocycles. The molecule has 1 aliphatic heterocycles. The predicted octanol–water partition coefficient (Wildman–Crippen LogP) is 0.732. The van der Waals surface area contributed by atoms with E-state index < -0.39 is 0 Å². The van der Waals surface area contributed by atoms with Crippen LogP contribution in [0.15, 0.2) is 18.6 Å². The molecule has 3 heterocycles. The van der Waals surface area contributed by atoms with Gasteiger partial charge >= 0.3 is 0 Å². The van der Waals surface area contributed by atoms with E-state index in [2.05, 4.69) is 20.2 Å². The molecule has 0 amide bonds. The molecule has 0 radical (unpaired) electrons. The summed E-state index contributed by atoms with van der Waals surface area (Å²) in [6, 6.07) is 0.158. The molecule has 2 aromatic rings. The van der Waals surface area contributed by atoms with Crippen LogP contribution in [-0.4, -0.2) is 45.7 Å². The number of aliphatic hydroxyl groups excluding tert-OH is 1. The molecule has 1 atom stereocenters. The summed E-state index contributed by atoms with van der Waals surface area (Å²) in [6.07, 6.45) is 7.68. The molecule has 96 valence electrons. The molecule has 0 aromatic carbocycles. The van der Waals surface area contributed by atoms with Crippen LogP contribution < -0.4 is 10.2 Å². The molecular formula is C12H17N5O. The van der Waals surface area contributed by atoms with Crippen molar-refractivity contribution < 1.29 is 5.11 Å². The Morgan fingerprint density at radius 2 is 2.44 bits per heavy atom. The Kier molecular flexibility index (Phi) is 2.79. The Morgan fingerprint density at radius 1 is 1.56 bits per heavy atom. The van der Waals surface area contributed by atoms with Gasteiger partial charge in [-0.25, -0.2) is 9.97 Å². The van der Waals surface area contributed by atoms with E-state index in [1.54, 1.807) is 6.20 Å². The van der Waals surface area contributed by atoms with Crippen LogP contribution in [-0.2, 0) is 0 Å². The Balaban J connectivity index is 2.11. The molecule has 2 N–H and O–H groups in total. The van der Waals surface area contributed by atoms with Gasteiger partial charge in [0.2, 0.25) is 0 Å². The van der Waals surface area contributed by atoms with E-state index in [0.29, 0.717) is 0 Å². The third-order valence-corrected chi connectivity index (χ3v) is 3.47. The quantitative estimate of drug-likeness (QED) is 0.837. The number of aliphatic hydroxyl groups is 1. The number of rotatable bonds is 3. The summed E-state index contributed by atoms with van der Waals surface area (Å²) in [4.78, 5) is 11.1. The maximum Gasteiger partial charge on any atom is 0.180 e. The largest absolute Gasteiger partial charge is 0.394 e. The van der Waals surface area contributed by atoms with E-state index in [4.69, 9.17) is 0 Å². The van der Waals surface area contributed by atoms with Crippen molar-refractivity contribution in [1.82, 2.24) is 14.4 Å². The van der Waals surface area contributed by atoms with E-state index in [-0.39, 0.29) is 12.6 Å². The summed E-state index contributed by atoms with van der Waals surface area (Å²) in [6.45, 7) is 1.09. The van der Waals surface area contributed by atoms with Crippen molar-refractivity contribution in [2.24, 2.45) is 0 Å². The van der Waals surface area contributed by atoms with E-state index in [1.807, 2.05) is 23.8 Å². The molecule has 0 spiro atoms. The van der Waals surface area contributed by atoms with E-state index in [0.717, 1.165) is 36.7 Å². The second-order valence-electron chi connectivity index (χ2n) is 4.53. The summed E-state index contributed by atoms with van der Waals surface area (Å²) in [5, 5.41) is 12.5. The summed E-state index contributed by atoms with van der Waals surface area (Å²) in [7, 11) is 1.85. The van der Waals surface area contributed by atoms with Gasteiger partial charge in [-0.3, -0.25) is 0 Å². The zero-order valence-electron chi connectivity index (χ0n) is 10.4. The molecule has 0 aliphatic carbocycles. The van der Waals surface area contributed by atoms with Gasteiger partial charge in [0.1, 0.15) is 5.82 Å². The minimum Gasteiger partial charge on any atom is -0.394 e. The first-order valence-corrected chi connectivity index (χ1v) is 6.22. The second-order valence-corrected chi connectivity index (χ2v) is 4.53. The third kappa shape index (κ3) is 1.69. The molecule has 0 bridgehead atoms. The number of anilines is 2. The van der Waals surface area contributed by atoms with Crippen molar-refractivity contribution in [2.45, 2.75) is 18.9 Å². The number of nitrogens with one attached hydrogen (secondary N) is 1. The lowest BCUT2D eigenvalue weighted by Crippen LogP contribution is -2.33. The van der Waals surface area contributed by atoms with Crippen LogP contribution in [0.2, 0.25) is 0 Å². The lowest BCUT2D eigenvalue weighted by molar-refractivity contribution is 0.266. The molecule has 0 saturated carbocycles. The monoisotopic (exact) mass is 247 g/mol. The standard InChI is InChI=1S/C12H17N5O/c1-13-10-7-16-6-4-14-11(16)12(15-10)17-5-2-3-9(17)8-18/h4,6-7,9,13,18H,2-3,5,8H2,1H3. The lowest BCUT2D eigenvalue weighted by Gasteiger charge is -2.24. The Labute approximate surface area is 105 Å². The average Bonchev–Trinajstić information content (AvgIpc) is 3.05. The number of imidazole rings is 1. The molecule has 1 aliphatic rings. The molecule has 1 saturated heterocycles. The normalized spacial score (nSPS) is 19.7. The van der Waals surface area contributed by atoms with Crippen LogP contribution in [0.5, 0.6) is 0 Å². The molecule has 18 heavy (non-hydrogen) atoms. The number of aromatic nitrogens is 3. The van der Waals surface area contributed by atoms with E-state index in [1.165, 1.54) is 0 Å². The van der Waals surface area contributed by atoms with Gasteiger partial charge in [0.25, 0.3) is 0 Å². The van der Waals surface area contributed by atoms with Crippen LogP contribution >= 0.6 is 0 Å². The van der Waals surface area contributed by atoms with Crippen molar-refractivity contribution in [2.75, 3.05) is 30.4 Å². The van der Waals surface area contributed by atoms with Gasteiger partial charge in [-0.1, -0.05) is 0 Å². The minimum absolute atomic E-state index is 0.158. The van der Waals surface area contributed by atoms with E-state index in [9.17, 15) is 5.11 Å². The number of hydrogen-bond donors (Lipinski definition) is 2. The lowest BCUT2D eigenvalue weighted by atomic mass is 10.2. The van der Waals surface area contributed by atoms with Gasteiger partial charge in [-0.2, -0.15) is 0 Å². The van der Waals surface area contributed by atoms with Gasteiger partial charge in [0.15, 0.2) is 11.5 Å². The highest BCUT2D eigenvalue weighted by molar-refractivity contribution is 5.67. The highest BCUT2D eigenvalue weighted by Gasteiger charge is 2.27. The SMILES string of the molecule is CNc1cn2ccnc2c(N2CCCC2CO)n1. The summed E-state index contributed by atoms with van der Waals surface area (Å²) in [5.74, 6) is 1.66. The fourth-order valence-electron chi connectivity index (χ4n) is 2.53. The van der Waals surface area contributed by atoms with Crippen LogP contribution in [0.4, 0.5) is 11.6 Å². The Bertz CT molecular complexity index is 552. The molecule has 6 nitrogen and oxygen atoms in total. The average molecular weight is 247 g/mol. The fraction of sp³-hybridized carbons (Fsp3) is 0.500. The molecule has 6 heteroatoms. The molecule has 1 fully saturated rings. The third-order valence-electron chi connectivity index (χ3n) is 3.47. The van der Waals surface area contributed by atoms with Crippen molar-refractivity contribution in [3.8, 4) is 0 Å². The molecular weight excluding hydrogens is 230 g/mol. The highest BCUT2D eigenvalue weighted by Crippen LogP contribution is 2.27. The van der Waals surface area contributed by atoms with Gasteiger partial charge in [-0.15, -0.1) is 0 Å². The highest BCUT2D eigenvalue weighted by atomic mass is 16.3. The maximum absolute atomic E-state index is 9.43. The first-order chi connectivity index (χ1) is 8.83. The number of nitrogens with zero attached hydrogens (tertiary/aromatic N) is 4.